The molecule has 14 heteroatoms. The quantitative estimate of drug-likeness (QED) is 0.393. The lowest BCUT2D eigenvalue weighted by molar-refractivity contribution is -0.414. The molecular formula is C13H7BrF12O. The Morgan fingerprint density at radius 1 is 0.778 bits per heavy atom. The molecule has 0 fully saturated rings. The fourth-order valence-corrected chi connectivity index (χ4v) is 1.99. The predicted molar refractivity (Wildman–Crippen MR) is 70.4 cm³/mol. The standard InChI is InChI=1S/C13H7BrF12O/c14-6-3-1-2-4-7(6)27-5-9(17,18)11(21,22)13(25,26)12(23,24)10(19,20)8(15)16/h1-4,8H,5H2. The van der Waals surface area contributed by atoms with E-state index in [1.54, 1.807) is 0 Å². The highest BCUT2D eigenvalue weighted by atomic mass is 79.9. The highest BCUT2D eigenvalue weighted by Crippen LogP contribution is 2.58. The summed E-state index contributed by atoms with van der Waals surface area (Å²) in [4.78, 5) is 0. The molecular weight excluding hydrogens is 480 g/mol. The van der Waals surface area contributed by atoms with Crippen LogP contribution in [-0.4, -0.2) is 42.6 Å². The van der Waals surface area contributed by atoms with Gasteiger partial charge in [0, 0.05) is 0 Å². The summed E-state index contributed by atoms with van der Waals surface area (Å²) in [5.41, 5.74) is 0. The number of rotatable bonds is 8. The van der Waals surface area contributed by atoms with Crippen molar-refractivity contribution in [3.63, 3.8) is 0 Å². The van der Waals surface area contributed by atoms with E-state index in [1.807, 2.05) is 0 Å². The number of ether oxygens (including phenoxy) is 1. The third kappa shape index (κ3) is 3.81. The first-order valence-corrected chi connectivity index (χ1v) is 7.27. The first-order valence-electron chi connectivity index (χ1n) is 6.48. The van der Waals surface area contributed by atoms with Crippen LogP contribution >= 0.6 is 15.9 Å². The molecule has 0 spiro atoms. The highest BCUT2D eigenvalue weighted by Gasteiger charge is 2.87. The van der Waals surface area contributed by atoms with E-state index in [-0.39, 0.29) is 4.47 Å². The van der Waals surface area contributed by atoms with E-state index in [9.17, 15) is 52.7 Å². The largest absolute Gasteiger partial charge is 0.486 e. The number of alkyl halides is 12. The molecule has 1 nitrogen and oxygen atoms in total. The van der Waals surface area contributed by atoms with Gasteiger partial charge in [0.1, 0.15) is 5.75 Å². The van der Waals surface area contributed by atoms with Gasteiger partial charge in [0.05, 0.1) is 4.47 Å². The van der Waals surface area contributed by atoms with Crippen molar-refractivity contribution in [1.29, 1.82) is 0 Å². The van der Waals surface area contributed by atoms with Crippen LogP contribution in [0.25, 0.3) is 0 Å². The van der Waals surface area contributed by atoms with Crippen LogP contribution in [-0.2, 0) is 0 Å². The Labute approximate surface area is 151 Å². The van der Waals surface area contributed by atoms with E-state index < -0.39 is 48.4 Å². The van der Waals surface area contributed by atoms with E-state index >= 15 is 0 Å². The maximum atomic E-state index is 13.5. The number of hydrogen-bond donors (Lipinski definition) is 0. The molecule has 0 N–H and O–H groups in total. The minimum atomic E-state index is -7.55. The molecule has 0 heterocycles. The van der Waals surface area contributed by atoms with Gasteiger partial charge in [-0.2, -0.15) is 43.9 Å². The van der Waals surface area contributed by atoms with Crippen LogP contribution in [0.1, 0.15) is 0 Å². The van der Waals surface area contributed by atoms with Crippen molar-refractivity contribution < 1.29 is 57.4 Å². The van der Waals surface area contributed by atoms with Gasteiger partial charge in [-0.25, -0.2) is 8.78 Å². The van der Waals surface area contributed by atoms with Crippen LogP contribution in [0.15, 0.2) is 28.7 Å². The number of para-hydroxylation sites is 1. The van der Waals surface area contributed by atoms with Crippen LogP contribution in [0.2, 0.25) is 0 Å². The molecule has 1 aromatic rings. The van der Waals surface area contributed by atoms with Crippen LogP contribution in [0.4, 0.5) is 52.7 Å². The maximum Gasteiger partial charge on any atom is 0.384 e. The molecule has 0 aliphatic rings. The second-order valence-electron chi connectivity index (χ2n) is 5.07. The fraction of sp³-hybridized carbons (Fsp3) is 0.538. The SMILES string of the molecule is FC(F)C(F)(F)C(F)(F)C(F)(F)C(F)(F)C(F)(F)COc1ccccc1Br. The van der Waals surface area contributed by atoms with Crippen molar-refractivity contribution in [2.24, 2.45) is 0 Å². The average Bonchev–Trinajstić information content (AvgIpc) is 2.53. The van der Waals surface area contributed by atoms with Gasteiger partial charge in [-0.15, -0.1) is 0 Å². The molecule has 0 aliphatic heterocycles. The van der Waals surface area contributed by atoms with Crippen molar-refractivity contribution >= 4 is 15.9 Å². The molecule has 0 unspecified atom stereocenters. The van der Waals surface area contributed by atoms with Gasteiger partial charge in [-0.1, -0.05) is 12.1 Å². The normalized spacial score (nSPS) is 14.6. The molecule has 1 rings (SSSR count). The summed E-state index contributed by atoms with van der Waals surface area (Å²) in [6, 6.07) is 4.50. The van der Waals surface area contributed by atoms with Crippen LogP contribution < -0.4 is 4.74 Å². The van der Waals surface area contributed by atoms with E-state index in [2.05, 4.69) is 20.7 Å². The zero-order valence-corrected chi connectivity index (χ0v) is 14.0. The van der Waals surface area contributed by atoms with Gasteiger partial charge in [-0.05, 0) is 28.1 Å². The molecule has 0 bridgehead atoms. The third-order valence-corrected chi connectivity index (χ3v) is 3.84. The summed E-state index contributed by atoms with van der Waals surface area (Å²) >= 11 is 2.72. The lowest BCUT2D eigenvalue weighted by Crippen LogP contribution is -2.69. The zero-order chi connectivity index (χ0) is 21.5. The van der Waals surface area contributed by atoms with Crippen molar-refractivity contribution in [3.05, 3.63) is 28.7 Å². The topological polar surface area (TPSA) is 9.23 Å². The summed E-state index contributed by atoms with van der Waals surface area (Å²) in [6.07, 6.45) is -5.53. The summed E-state index contributed by atoms with van der Waals surface area (Å²) in [6.45, 7) is -2.64. The van der Waals surface area contributed by atoms with Gasteiger partial charge in [-0.3, -0.25) is 0 Å². The van der Waals surface area contributed by atoms with E-state index in [4.69, 9.17) is 0 Å². The predicted octanol–water partition coefficient (Wildman–Crippen LogP) is 6.27. The second kappa shape index (κ2) is 7.24. The summed E-state index contributed by atoms with van der Waals surface area (Å²) in [7, 11) is 0. The highest BCUT2D eigenvalue weighted by molar-refractivity contribution is 9.10. The molecule has 0 radical (unpaired) electrons. The van der Waals surface area contributed by atoms with Crippen molar-refractivity contribution in [3.8, 4) is 5.75 Å². The van der Waals surface area contributed by atoms with E-state index in [0.29, 0.717) is 0 Å². The van der Waals surface area contributed by atoms with Crippen molar-refractivity contribution in [2.75, 3.05) is 6.61 Å². The van der Waals surface area contributed by atoms with Gasteiger partial charge < -0.3 is 4.74 Å². The molecule has 0 amide bonds. The first kappa shape index (κ1) is 23.7. The van der Waals surface area contributed by atoms with Gasteiger partial charge in [0.15, 0.2) is 6.61 Å². The average molecular weight is 487 g/mol. The zero-order valence-electron chi connectivity index (χ0n) is 12.4. The van der Waals surface area contributed by atoms with Gasteiger partial charge in [0.25, 0.3) is 0 Å². The molecule has 0 aliphatic carbocycles. The number of benzene rings is 1. The monoisotopic (exact) mass is 486 g/mol. The van der Waals surface area contributed by atoms with Crippen LogP contribution in [0.3, 0.4) is 0 Å². The number of halogens is 13. The van der Waals surface area contributed by atoms with Gasteiger partial charge in [0.2, 0.25) is 0 Å². The van der Waals surface area contributed by atoms with E-state index in [0.717, 1.165) is 18.2 Å². The second-order valence-corrected chi connectivity index (χ2v) is 5.92. The number of hydrogen-bond acceptors (Lipinski definition) is 1. The summed E-state index contributed by atoms with van der Waals surface area (Å²) < 4.78 is 160. The van der Waals surface area contributed by atoms with Crippen molar-refractivity contribution in [2.45, 2.75) is 36.0 Å². The van der Waals surface area contributed by atoms with Crippen molar-refractivity contribution in [1.82, 2.24) is 0 Å². The molecule has 0 atom stereocenters. The minimum Gasteiger partial charge on any atom is -0.486 e. The third-order valence-electron chi connectivity index (χ3n) is 3.19. The molecule has 0 saturated heterocycles. The molecule has 1 aromatic carbocycles. The van der Waals surface area contributed by atoms with Crippen LogP contribution in [0.5, 0.6) is 5.75 Å². The molecule has 0 aromatic heterocycles. The van der Waals surface area contributed by atoms with Crippen LogP contribution in [0, 0.1) is 0 Å². The van der Waals surface area contributed by atoms with Gasteiger partial charge >= 0.3 is 36.0 Å². The smallest absolute Gasteiger partial charge is 0.384 e. The Balaban J connectivity index is 3.22. The Kier molecular flexibility index (Phi) is 6.36. The maximum absolute atomic E-state index is 13.5. The lowest BCUT2D eigenvalue weighted by atomic mass is 9.94. The molecule has 27 heavy (non-hydrogen) atoms. The van der Waals surface area contributed by atoms with E-state index in [1.165, 1.54) is 6.07 Å². The summed E-state index contributed by atoms with van der Waals surface area (Å²) in [5, 5.41) is 0. The fourth-order valence-electron chi connectivity index (χ4n) is 1.59. The molecule has 156 valence electrons. The molecule has 0 saturated carbocycles. The summed E-state index contributed by atoms with van der Waals surface area (Å²) in [5.74, 6) is -36.0. The minimum absolute atomic E-state index is 0.120. The Hall–Kier alpha value is -1.34. The Morgan fingerprint density at radius 2 is 1.26 bits per heavy atom. The lowest BCUT2D eigenvalue weighted by Gasteiger charge is -2.39. The first-order chi connectivity index (χ1) is 11.9. The Bertz CT molecular complexity index is 660. The Morgan fingerprint density at radius 3 is 1.70 bits per heavy atom.